The van der Waals surface area contributed by atoms with E-state index >= 15 is 0 Å². The molecule has 0 radical (unpaired) electrons. The molecule has 1 fully saturated rings. The lowest BCUT2D eigenvalue weighted by Crippen LogP contribution is -3.12. The third-order valence-electron chi connectivity index (χ3n) is 6.34. The summed E-state index contributed by atoms with van der Waals surface area (Å²) >= 11 is 0. The smallest absolute Gasteiger partial charge is 0.411 e. The van der Waals surface area contributed by atoms with Crippen molar-refractivity contribution in [1.82, 2.24) is 0 Å². The number of carbonyl (C=O) groups excluding carboxylic acids is 1. The van der Waals surface area contributed by atoms with Crippen molar-refractivity contribution in [2.45, 2.75) is 96.8 Å². The standard InChI is InChI=1S/C27H46N2O3/c1-2-3-4-5-6-7-8-9-10-14-23-31-26-18-16-25(17-19-26)28-27(30)32-24-15-22-29-20-12-11-13-21-29/h16-19H,2-15,20-24H2,1H3,(H,28,30)/p+1. The predicted molar refractivity (Wildman–Crippen MR) is 133 cm³/mol. The van der Waals surface area contributed by atoms with Crippen molar-refractivity contribution in [3.05, 3.63) is 24.3 Å². The van der Waals surface area contributed by atoms with E-state index in [0.717, 1.165) is 37.4 Å². The number of benzene rings is 1. The van der Waals surface area contributed by atoms with E-state index in [9.17, 15) is 4.79 Å². The van der Waals surface area contributed by atoms with Gasteiger partial charge < -0.3 is 14.4 Å². The molecule has 0 aromatic heterocycles. The molecule has 0 bridgehead atoms. The van der Waals surface area contributed by atoms with Gasteiger partial charge in [0.2, 0.25) is 0 Å². The Morgan fingerprint density at radius 2 is 1.44 bits per heavy atom. The van der Waals surface area contributed by atoms with Crippen molar-refractivity contribution in [2.75, 3.05) is 38.2 Å². The third kappa shape index (κ3) is 12.9. The summed E-state index contributed by atoms with van der Waals surface area (Å²) in [6, 6.07) is 7.55. The molecule has 5 nitrogen and oxygen atoms in total. The number of amides is 1. The van der Waals surface area contributed by atoms with Crippen LogP contribution in [-0.2, 0) is 4.74 Å². The van der Waals surface area contributed by atoms with Crippen molar-refractivity contribution in [1.29, 1.82) is 0 Å². The van der Waals surface area contributed by atoms with Crippen LogP contribution in [0.4, 0.5) is 10.5 Å². The summed E-state index contributed by atoms with van der Waals surface area (Å²) in [5.41, 5.74) is 0.739. The molecule has 1 aliphatic heterocycles. The number of hydrogen-bond donors (Lipinski definition) is 2. The Labute approximate surface area is 196 Å². The van der Waals surface area contributed by atoms with Gasteiger partial charge in [-0.15, -0.1) is 0 Å². The van der Waals surface area contributed by atoms with Crippen molar-refractivity contribution < 1.29 is 19.2 Å². The van der Waals surface area contributed by atoms with Gasteiger partial charge in [0.05, 0.1) is 32.8 Å². The number of carbonyl (C=O) groups is 1. The van der Waals surface area contributed by atoms with Gasteiger partial charge in [0, 0.05) is 12.1 Å². The average Bonchev–Trinajstić information content (AvgIpc) is 2.82. The van der Waals surface area contributed by atoms with E-state index in [1.165, 1.54) is 90.1 Å². The van der Waals surface area contributed by atoms with Crippen LogP contribution in [0.2, 0.25) is 0 Å². The predicted octanol–water partition coefficient (Wildman–Crippen LogP) is 5.99. The number of nitrogens with one attached hydrogen (secondary N) is 2. The van der Waals surface area contributed by atoms with Gasteiger partial charge in [-0.1, -0.05) is 64.7 Å². The molecule has 1 amide bonds. The highest BCUT2D eigenvalue weighted by atomic mass is 16.5. The SMILES string of the molecule is CCCCCCCCCCCCOc1ccc(NC(=O)OCCC[NH+]2CCCCC2)cc1. The lowest BCUT2D eigenvalue weighted by atomic mass is 10.1. The molecule has 0 spiro atoms. The highest BCUT2D eigenvalue weighted by molar-refractivity contribution is 5.84. The maximum absolute atomic E-state index is 12.0. The van der Waals surface area contributed by atoms with Gasteiger partial charge in [0.1, 0.15) is 5.75 Å². The first-order chi connectivity index (χ1) is 15.8. The second-order valence-electron chi connectivity index (χ2n) is 9.23. The fourth-order valence-corrected chi connectivity index (χ4v) is 4.36. The van der Waals surface area contributed by atoms with Gasteiger partial charge >= 0.3 is 6.09 Å². The molecule has 2 rings (SSSR count). The molecule has 5 heteroatoms. The summed E-state index contributed by atoms with van der Waals surface area (Å²) in [6.07, 6.45) is 17.8. The molecular formula is C27H47N2O3+. The minimum absolute atomic E-state index is 0.377. The number of anilines is 1. The van der Waals surface area contributed by atoms with E-state index in [1.54, 1.807) is 4.90 Å². The van der Waals surface area contributed by atoms with Crippen molar-refractivity contribution in [3.8, 4) is 5.75 Å². The highest BCUT2D eigenvalue weighted by Gasteiger charge is 2.13. The van der Waals surface area contributed by atoms with E-state index in [4.69, 9.17) is 9.47 Å². The fraction of sp³-hybridized carbons (Fsp3) is 0.741. The minimum Gasteiger partial charge on any atom is -0.494 e. The summed E-state index contributed by atoms with van der Waals surface area (Å²) in [7, 11) is 0. The van der Waals surface area contributed by atoms with Crippen LogP contribution in [0.1, 0.15) is 96.8 Å². The fourth-order valence-electron chi connectivity index (χ4n) is 4.36. The third-order valence-corrected chi connectivity index (χ3v) is 6.34. The van der Waals surface area contributed by atoms with Gasteiger partial charge in [0.25, 0.3) is 0 Å². The van der Waals surface area contributed by atoms with Gasteiger partial charge in [-0.2, -0.15) is 0 Å². The number of ether oxygens (including phenoxy) is 2. The highest BCUT2D eigenvalue weighted by Crippen LogP contribution is 2.17. The molecule has 32 heavy (non-hydrogen) atoms. The molecule has 1 saturated heterocycles. The Morgan fingerprint density at radius 1 is 0.812 bits per heavy atom. The van der Waals surface area contributed by atoms with Crippen LogP contribution in [0.15, 0.2) is 24.3 Å². The molecule has 0 atom stereocenters. The summed E-state index contributed by atoms with van der Waals surface area (Å²) < 4.78 is 11.1. The van der Waals surface area contributed by atoms with Gasteiger partial charge in [-0.05, 0) is 49.9 Å². The summed E-state index contributed by atoms with van der Waals surface area (Å²) in [4.78, 5) is 13.6. The van der Waals surface area contributed by atoms with Crippen molar-refractivity contribution in [3.63, 3.8) is 0 Å². The zero-order valence-electron chi connectivity index (χ0n) is 20.5. The van der Waals surface area contributed by atoms with Crippen molar-refractivity contribution in [2.24, 2.45) is 0 Å². The molecule has 1 aromatic rings. The topological polar surface area (TPSA) is 52.0 Å². The Balaban J connectivity index is 1.44. The molecule has 1 aliphatic rings. The quantitative estimate of drug-likeness (QED) is 0.288. The second-order valence-corrected chi connectivity index (χ2v) is 9.23. The molecular weight excluding hydrogens is 400 g/mol. The van der Waals surface area contributed by atoms with Crippen LogP contribution in [0.25, 0.3) is 0 Å². The van der Waals surface area contributed by atoms with Gasteiger partial charge in [-0.3, -0.25) is 5.32 Å². The Kier molecular flexibility index (Phi) is 14.7. The van der Waals surface area contributed by atoms with Crippen LogP contribution < -0.4 is 15.0 Å². The first kappa shape index (κ1) is 26.5. The molecule has 0 unspecified atom stereocenters. The monoisotopic (exact) mass is 447 g/mol. The molecule has 182 valence electrons. The lowest BCUT2D eigenvalue weighted by Gasteiger charge is -2.23. The number of hydrogen-bond acceptors (Lipinski definition) is 3. The number of likely N-dealkylation sites (tertiary alicyclic amines) is 1. The van der Waals surface area contributed by atoms with Gasteiger partial charge in [-0.25, -0.2) is 4.79 Å². The Hall–Kier alpha value is -1.75. The molecule has 2 N–H and O–H groups in total. The van der Waals surface area contributed by atoms with Crippen LogP contribution in [0.3, 0.4) is 0 Å². The average molecular weight is 448 g/mol. The van der Waals surface area contributed by atoms with E-state index in [0.29, 0.717) is 6.61 Å². The maximum atomic E-state index is 12.0. The number of unbranched alkanes of at least 4 members (excludes halogenated alkanes) is 9. The summed E-state index contributed by atoms with van der Waals surface area (Å²) in [5, 5.41) is 2.80. The van der Waals surface area contributed by atoms with Crippen LogP contribution in [-0.4, -0.2) is 38.9 Å². The molecule has 1 heterocycles. The van der Waals surface area contributed by atoms with Gasteiger partial charge in [0.15, 0.2) is 0 Å². The van der Waals surface area contributed by atoms with E-state index in [-0.39, 0.29) is 6.09 Å². The normalized spacial score (nSPS) is 14.3. The number of piperidine rings is 1. The summed E-state index contributed by atoms with van der Waals surface area (Å²) in [6.45, 7) is 7.13. The van der Waals surface area contributed by atoms with E-state index in [2.05, 4.69) is 12.2 Å². The molecule has 0 aliphatic carbocycles. The van der Waals surface area contributed by atoms with Crippen LogP contribution in [0, 0.1) is 0 Å². The number of rotatable bonds is 17. The van der Waals surface area contributed by atoms with Crippen molar-refractivity contribution >= 4 is 11.8 Å². The lowest BCUT2D eigenvalue weighted by molar-refractivity contribution is -0.905. The zero-order chi connectivity index (χ0) is 22.7. The van der Waals surface area contributed by atoms with Crippen LogP contribution in [0.5, 0.6) is 5.75 Å². The number of quaternary nitrogens is 1. The Bertz CT molecular complexity index is 585. The van der Waals surface area contributed by atoms with E-state index in [1.807, 2.05) is 24.3 Å². The second kappa shape index (κ2) is 17.8. The summed E-state index contributed by atoms with van der Waals surface area (Å²) in [5.74, 6) is 0.851. The first-order valence-corrected chi connectivity index (χ1v) is 13.3. The minimum atomic E-state index is -0.377. The maximum Gasteiger partial charge on any atom is 0.411 e. The largest absolute Gasteiger partial charge is 0.494 e. The molecule has 0 saturated carbocycles. The zero-order valence-corrected chi connectivity index (χ0v) is 20.5. The molecule has 1 aromatic carbocycles. The first-order valence-electron chi connectivity index (χ1n) is 13.3. The van der Waals surface area contributed by atoms with Crippen LogP contribution >= 0.6 is 0 Å². The Morgan fingerprint density at radius 3 is 2.09 bits per heavy atom. The van der Waals surface area contributed by atoms with E-state index < -0.39 is 0 Å².